The van der Waals surface area contributed by atoms with Gasteiger partial charge in [-0.15, -0.1) is 5.06 Å². The number of halogens is 1. The van der Waals surface area contributed by atoms with E-state index in [9.17, 15) is 9.59 Å². The fourth-order valence-corrected chi connectivity index (χ4v) is 2.13. The summed E-state index contributed by atoms with van der Waals surface area (Å²) in [4.78, 5) is 37.0. The lowest BCUT2D eigenvalue weighted by Crippen LogP contribution is -2.43. The molecule has 1 fully saturated rings. The van der Waals surface area contributed by atoms with Crippen molar-refractivity contribution in [2.24, 2.45) is 0 Å². The van der Waals surface area contributed by atoms with Crippen LogP contribution in [0.3, 0.4) is 0 Å². The van der Waals surface area contributed by atoms with Gasteiger partial charge in [-0.25, -0.2) is 19.6 Å². The molecule has 0 bridgehead atoms. The molecular formula is C14H19ClN4O4. The number of hydrogen-bond donors (Lipinski definition) is 1. The molecule has 23 heavy (non-hydrogen) atoms. The molecule has 1 aromatic rings. The zero-order chi connectivity index (χ0) is 16.7. The number of nitrogens with zero attached hydrogens (tertiary/aromatic N) is 3. The summed E-state index contributed by atoms with van der Waals surface area (Å²) >= 11 is 5.58. The Morgan fingerprint density at radius 1 is 1.43 bits per heavy atom. The van der Waals surface area contributed by atoms with Gasteiger partial charge >= 0.3 is 12.1 Å². The van der Waals surface area contributed by atoms with Crippen LogP contribution < -0.4 is 5.32 Å². The smallest absolute Gasteiger partial charge is 0.443 e. The Bertz CT molecular complexity index is 534. The third-order valence-corrected chi connectivity index (χ3v) is 3.50. The molecule has 2 rings (SSSR count). The van der Waals surface area contributed by atoms with Gasteiger partial charge in [0.1, 0.15) is 0 Å². The molecule has 1 saturated heterocycles. The SMILES string of the molecule is CCCCOC(=O)N(OC(=O)c1cnc(Cl)nc1)C1CCNC1. The van der Waals surface area contributed by atoms with Gasteiger partial charge in [-0.05, 0) is 31.0 Å². The predicted octanol–water partition coefficient (Wildman–Crippen LogP) is 1.80. The van der Waals surface area contributed by atoms with E-state index >= 15 is 0 Å². The van der Waals surface area contributed by atoms with E-state index in [1.54, 1.807) is 0 Å². The van der Waals surface area contributed by atoms with Crippen LogP contribution in [0.15, 0.2) is 12.4 Å². The number of carbonyl (C=O) groups is 2. The normalized spacial score (nSPS) is 16.9. The maximum absolute atomic E-state index is 12.2. The molecule has 0 aromatic carbocycles. The molecule has 126 valence electrons. The van der Waals surface area contributed by atoms with Gasteiger partial charge in [0.2, 0.25) is 5.28 Å². The van der Waals surface area contributed by atoms with Gasteiger partial charge in [0, 0.05) is 18.9 Å². The molecule has 1 atom stereocenters. The van der Waals surface area contributed by atoms with Gasteiger partial charge in [-0.1, -0.05) is 13.3 Å². The molecule has 9 heteroatoms. The second-order valence-electron chi connectivity index (χ2n) is 5.06. The molecule has 0 radical (unpaired) electrons. The van der Waals surface area contributed by atoms with E-state index < -0.39 is 12.1 Å². The van der Waals surface area contributed by atoms with E-state index in [2.05, 4.69) is 15.3 Å². The fourth-order valence-electron chi connectivity index (χ4n) is 2.03. The van der Waals surface area contributed by atoms with Crippen LogP contribution in [0.4, 0.5) is 4.79 Å². The monoisotopic (exact) mass is 342 g/mol. The number of carbonyl (C=O) groups excluding carboxylic acids is 2. The van der Waals surface area contributed by atoms with E-state index in [0.717, 1.165) is 24.4 Å². The molecular weight excluding hydrogens is 324 g/mol. The second kappa shape index (κ2) is 8.64. The van der Waals surface area contributed by atoms with Crippen molar-refractivity contribution in [1.29, 1.82) is 0 Å². The molecule has 1 N–H and O–H groups in total. The van der Waals surface area contributed by atoms with Crippen molar-refractivity contribution in [3.8, 4) is 0 Å². The first-order chi connectivity index (χ1) is 11.1. The first-order valence-electron chi connectivity index (χ1n) is 7.48. The van der Waals surface area contributed by atoms with Crippen molar-refractivity contribution in [3.63, 3.8) is 0 Å². The Hall–Kier alpha value is -1.93. The van der Waals surface area contributed by atoms with Crippen LogP contribution in [0.5, 0.6) is 0 Å². The summed E-state index contributed by atoms with van der Waals surface area (Å²) in [5, 5.41) is 4.13. The highest BCUT2D eigenvalue weighted by atomic mass is 35.5. The van der Waals surface area contributed by atoms with Crippen molar-refractivity contribution in [3.05, 3.63) is 23.2 Å². The predicted molar refractivity (Wildman–Crippen MR) is 81.8 cm³/mol. The third-order valence-electron chi connectivity index (χ3n) is 3.31. The van der Waals surface area contributed by atoms with Crippen LogP contribution in [0.25, 0.3) is 0 Å². The Morgan fingerprint density at radius 3 is 2.78 bits per heavy atom. The number of ether oxygens (including phenoxy) is 1. The number of unbranched alkanes of at least 4 members (excludes halogenated alkanes) is 1. The number of hydroxylamine groups is 2. The van der Waals surface area contributed by atoms with E-state index in [1.807, 2.05) is 6.92 Å². The van der Waals surface area contributed by atoms with Crippen LogP contribution in [0.2, 0.25) is 5.28 Å². The van der Waals surface area contributed by atoms with Crippen molar-refractivity contribution >= 4 is 23.7 Å². The summed E-state index contributed by atoms with van der Waals surface area (Å²) < 4.78 is 5.14. The largest absolute Gasteiger partial charge is 0.447 e. The molecule has 0 saturated carbocycles. The van der Waals surface area contributed by atoms with Gasteiger partial charge in [0.05, 0.1) is 18.2 Å². The second-order valence-corrected chi connectivity index (χ2v) is 5.40. The zero-order valence-corrected chi connectivity index (χ0v) is 13.6. The highest BCUT2D eigenvalue weighted by Crippen LogP contribution is 2.14. The van der Waals surface area contributed by atoms with E-state index in [0.29, 0.717) is 13.0 Å². The lowest BCUT2D eigenvalue weighted by Gasteiger charge is -2.25. The van der Waals surface area contributed by atoms with Crippen molar-refractivity contribution in [1.82, 2.24) is 20.3 Å². The molecule has 0 aliphatic carbocycles. The van der Waals surface area contributed by atoms with Crippen LogP contribution in [0.1, 0.15) is 36.5 Å². The summed E-state index contributed by atoms with van der Waals surface area (Å²) in [6, 6.07) is -0.263. The van der Waals surface area contributed by atoms with Crippen LogP contribution >= 0.6 is 11.6 Å². The van der Waals surface area contributed by atoms with Gasteiger partial charge in [-0.3, -0.25) is 0 Å². The number of aromatic nitrogens is 2. The molecule has 2 heterocycles. The third kappa shape index (κ3) is 5.04. The number of hydrogen-bond acceptors (Lipinski definition) is 7. The summed E-state index contributed by atoms with van der Waals surface area (Å²) in [5.41, 5.74) is 0.103. The summed E-state index contributed by atoms with van der Waals surface area (Å²) in [6.07, 6.45) is 4.14. The average Bonchev–Trinajstić information content (AvgIpc) is 3.07. The number of amides is 1. The van der Waals surface area contributed by atoms with Crippen molar-refractivity contribution in [2.45, 2.75) is 32.2 Å². The van der Waals surface area contributed by atoms with E-state index in [-0.39, 0.29) is 23.5 Å². The lowest BCUT2D eigenvalue weighted by atomic mass is 10.2. The summed E-state index contributed by atoms with van der Waals surface area (Å²) in [6.45, 7) is 3.55. The summed E-state index contributed by atoms with van der Waals surface area (Å²) in [5.74, 6) is -0.735. The first-order valence-corrected chi connectivity index (χ1v) is 7.86. The van der Waals surface area contributed by atoms with Gasteiger partial charge < -0.3 is 14.9 Å². The average molecular weight is 343 g/mol. The van der Waals surface area contributed by atoms with Crippen molar-refractivity contribution in [2.75, 3.05) is 19.7 Å². The molecule has 1 aliphatic rings. The highest BCUT2D eigenvalue weighted by Gasteiger charge is 2.32. The van der Waals surface area contributed by atoms with Gasteiger partial charge in [0.25, 0.3) is 0 Å². The Kier molecular flexibility index (Phi) is 6.54. The van der Waals surface area contributed by atoms with Crippen molar-refractivity contribution < 1.29 is 19.2 Å². The quantitative estimate of drug-likeness (QED) is 0.495. The first kappa shape index (κ1) is 17.4. The minimum atomic E-state index is -0.735. The van der Waals surface area contributed by atoms with Gasteiger partial charge in [-0.2, -0.15) is 0 Å². The zero-order valence-electron chi connectivity index (χ0n) is 12.8. The lowest BCUT2D eigenvalue weighted by molar-refractivity contribution is -0.114. The molecule has 1 aromatic heterocycles. The standard InChI is InChI=1S/C14H19ClN4O4/c1-2-3-6-22-14(21)19(11-4-5-16-9-11)23-12(20)10-7-17-13(15)18-8-10/h7-8,11,16H,2-6,9H2,1H3. The van der Waals surface area contributed by atoms with E-state index in [1.165, 1.54) is 12.4 Å². The summed E-state index contributed by atoms with van der Waals surface area (Å²) in [7, 11) is 0. The maximum Gasteiger partial charge on any atom is 0.443 e. The highest BCUT2D eigenvalue weighted by molar-refractivity contribution is 6.28. The molecule has 1 aliphatic heterocycles. The number of rotatable bonds is 5. The maximum atomic E-state index is 12.2. The van der Waals surface area contributed by atoms with Gasteiger partial charge in [0.15, 0.2) is 0 Å². The molecule has 1 unspecified atom stereocenters. The Labute approximate surface area is 139 Å². The Morgan fingerprint density at radius 2 is 2.17 bits per heavy atom. The molecule has 1 amide bonds. The van der Waals surface area contributed by atoms with E-state index in [4.69, 9.17) is 21.2 Å². The fraction of sp³-hybridized carbons (Fsp3) is 0.571. The van der Waals surface area contributed by atoms with Crippen LogP contribution in [-0.4, -0.2) is 52.8 Å². The Balaban J connectivity index is 2.02. The topological polar surface area (TPSA) is 93.6 Å². The molecule has 8 nitrogen and oxygen atoms in total. The number of nitrogens with one attached hydrogen (secondary N) is 1. The van der Waals surface area contributed by atoms with Crippen LogP contribution in [-0.2, 0) is 9.57 Å². The molecule has 0 spiro atoms. The minimum Gasteiger partial charge on any atom is -0.447 e. The van der Waals surface area contributed by atoms with Crippen LogP contribution in [0, 0.1) is 0 Å². The minimum absolute atomic E-state index is 0.0253.